The Morgan fingerprint density at radius 1 is 0.889 bits per heavy atom. The lowest BCUT2D eigenvalue weighted by atomic mass is 10.1. The van der Waals surface area contributed by atoms with Crippen molar-refractivity contribution in [2.24, 2.45) is 0 Å². The van der Waals surface area contributed by atoms with Gasteiger partial charge in [0, 0.05) is 16.3 Å². The van der Waals surface area contributed by atoms with Gasteiger partial charge in [0.1, 0.15) is 5.75 Å². The van der Waals surface area contributed by atoms with E-state index in [1.165, 1.54) is 0 Å². The molecule has 0 saturated carbocycles. The number of nitrogens with zero attached hydrogens (tertiary/aromatic N) is 2. The van der Waals surface area contributed by atoms with E-state index >= 15 is 0 Å². The van der Waals surface area contributed by atoms with Gasteiger partial charge in [-0.1, -0.05) is 48.0 Å². The Hall–Kier alpha value is -3.18. The average molecular weight is 381 g/mol. The Kier molecular flexibility index (Phi) is 4.60. The van der Waals surface area contributed by atoms with E-state index < -0.39 is 12.3 Å². The first-order chi connectivity index (χ1) is 13.2. The van der Waals surface area contributed by atoms with Crippen LogP contribution in [0.2, 0.25) is 5.02 Å². The van der Waals surface area contributed by atoms with Gasteiger partial charge in [-0.3, -0.25) is 0 Å². The third-order valence-electron chi connectivity index (χ3n) is 4.37. The van der Waals surface area contributed by atoms with Crippen molar-refractivity contribution >= 4 is 29.1 Å². The Morgan fingerprint density at radius 2 is 1.56 bits per heavy atom. The lowest BCUT2D eigenvalue weighted by Gasteiger charge is -2.28. The molecule has 0 bridgehead atoms. The molecule has 136 valence electrons. The fourth-order valence-corrected chi connectivity index (χ4v) is 3.27. The van der Waals surface area contributed by atoms with Crippen molar-refractivity contribution in [3.8, 4) is 5.75 Å². The number of para-hydroxylation sites is 2. The second kappa shape index (κ2) is 7.21. The second-order valence-corrected chi connectivity index (χ2v) is 6.42. The number of hydrogen-bond donors (Lipinski definition) is 0. The molecule has 0 N–H and O–H groups in total. The van der Waals surface area contributed by atoms with Crippen molar-refractivity contribution in [1.82, 2.24) is 0 Å². The van der Waals surface area contributed by atoms with Crippen molar-refractivity contribution in [1.29, 1.82) is 0 Å². The standard InChI is InChI=1S/C21H17ClN2O3/c1-26-19-10-6-5-9-18(19)20-23(16-13-11-15(22)12-14-16)21(25)27-24(20)17-7-3-2-4-8-17/h2-14,20H,1H3/t20-/m1/s1. The summed E-state index contributed by atoms with van der Waals surface area (Å²) in [6.45, 7) is 0. The molecule has 3 aromatic rings. The summed E-state index contributed by atoms with van der Waals surface area (Å²) in [5, 5.41) is 2.19. The predicted octanol–water partition coefficient (Wildman–Crippen LogP) is 5.43. The van der Waals surface area contributed by atoms with Crippen LogP contribution in [0.3, 0.4) is 0 Å². The molecule has 0 aromatic heterocycles. The molecule has 1 fully saturated rings. The van der Waals surface area contributed by atoms with Gasteiger partial charge in [0.2, 0.25) is 0 Å². The van der Waals surface area contributed by atoms with Crippen molar-refractivity contribution in [2.75, 3.05) is 17.1 Å². The molecular weight excluding hydrogens is 364 g/mol. The first kappa shape index (κ1) is 17.2. The third-order valence-corrected chi connectivity index (χ3v) is 4.62. The summed E-state index contributed by atoms with van der Waals surface area (Å²) < 4.78 is 5.54. The largest absolute Gasteiger partial charge is 0.496 e. The number of methoxy groups -OCH3 is 1. The number of halogens is 1. The highest BCUT2D eigenvalue weighted by Crippen LogP contribution is 2.42. The molecule has 1 saturated heterocycles. The quantitative estimate of drug-likeness (QED) is 0.605. The van der Waals surface area contributed by atoms with Gasteiger partial charge in [-0.05, 0) is 42.5 Å². The average Bonchev–Trinajstić information content (AvgIpc) is 3.06. The first-order valence-corrected chi connectivity index (χ1v) is 8.81. The maximum absolute atomic E-state index is 12.8. The maximum Gasteiger partial charge on any atom is 0.440 e. The molecule has 1 atom stereocenters. The minimum absolute atomic E-state index is 0.475. The number of benzene rings is 3. The van der Waals surface area contributed by atoms with Gasteiger partial charge in [0.25, 0.3) is 0 Å². The van der Waals surface area contributed by atoms with Gasteiger partial charge < -0.3 is 9.57 Å². The van der Waals surface area contributed by atoms with E-state index in [0.717, 1.165) is 11.3 Å². The van der Waals surface area contributed by atoms with Gasteiger partial charge in [-0.25, -0.2) is 9.69 Å². The first-order valence-electron chi connectivity index (χ1n) is 8.43. The van der Waals surface area contributed by atoms with E-state index in [0.29, 0.717) is 16.5 Å². The van der Waals surface area contributed by atoms with Crippen molar-refractivity contribution in [3.05, 3.63) is 89.4 Å². The summed E-state index contributed by atoms with van der Waals surface area (Å²) in [7, 11) is 1.61. The molecule has 27 heavy (non-hydrogen) atoms. The fraction of sp³-hybridized carbons (Fsp3) is 0.0952. The van der Waals surface area contributed by atoms with Crippen molar-refractivity contribution in [2.45, 2.75) is 6.17 Å². The van der Waals surface area contributed by atoms with E-state index in [9.17, 15) is 4.79 Å². The Bertz CT molecular complexity index is 947. The van der Waals surface area contributed by atoms with Crippen LogP contribution in [0.25, 0.3) is 0 Å². The normalized spacial score (nSPS) is 16.4. The minimum Gasteiger partial charge on any atom is -0.496 e. The molecular formula is C21H17ClN2O3. The van der Waals surface area contributed by atoms with Crippen LogP contribution < -0.4 is 14.7 Å². The lowest BCUT2D eigenvalue weighted by molar-refractivity contribution is 0.164. The zero-order chi connectivity index (χ0) is 18.8. The van der Waals surface area contributed by atoms with E-state index in [4.69, 9.17) is 21.2 Å². The monoisotopic (exact) mass is 380 g/mol. The van der Waals surface area contributed by atoms with E-state index in [2.05, 4.69) is 0 Å². The van der Waals surface area contributed by atoms with Crippen LogP contribution in [0, 0.1) is 0 Å². The summed E-state index contributed by atoms with van der Waals surface area (Å²) in [6, 6.07) is 24.1. The summed E-state index contributed by atoms with van der Waals surface area (Å²) >= 11 is 6.02. The van der Waals surface area contributed by atoms with Gasteiger partial charge in [-0.15, -0.1) is 0 Å². The highest BCUT2D eigenvalue weighted by Gasteiger charge is 2.44. The molecule has 5 nitrogen and oxygen atoms in total. The predicted molar refractivity (Wildman–Crippen MR) is 105 cm³/mol. The van der Waals surface area contributed by atoms with Crippen molar-refractivity contribution in [3.63, 3.8) is 0 Å². The Morgan fingerprint density at radius 3 is 2.26 bits per heavy atom. The molecule has 0 aliphatic carbocycles. The molecule has 0 radical (unpaired) electrons. The van der Waals surface area contributed by atoms with Crippen LogP contribution >= 0.6 is 11.6 Å². The zero-order valence-electron chi connectivity index (χ0n) is 14.6. The fourth-order valence-electron chi connectivity index (χ4n) is 3.15. The van der Waals surface area contributed by atoms with Crippen LogP contribution in [0.15, 0.2) is 78.9 Å². The topological polar surface area (TPSA) is 42.0 Å². The number of anilines is 2. The minimum atomic E-state index is -0.530. The number of carbonyl (C=O) groups is 1. The molecule has 0 spiro atoms. The molecule has 1 aliphatic heterocycles. The number of hydrogen-bond acceptors (Lipinski definition) is 4. The molecule has 0 unspecified atom stereocenters. The maximum atomic E-state index is 12.8. The Labute approximate surface area is 162 Å². The summed E-state index contributed by atoms with van der Waals surface area (Å²) in [5.74, 6) is 0.667. The van der Waals surface area contributed by atoms with Crippen LogP contribution in [-0.2, 0) is 4.84 Å². The van der Waals surface area contributed by atoms with Crippen LogP contribution in [0.4, 0.5) is 16.2 Å². The zero-order valence-corrected chi connectivity index (χ0v) is 15.3. The highest BCUT2D eigenvalue weighted by molar-refractivity contribution is 6.30. The molecule has 3 aromatic carbocycles. The van der Waals surface area contributed by atoms with Gasteiger partial charge >= 0.3 is 6.09 Å². The van der Waals surface area contributed by atoms with Gasteiger partial charge in [0.15, 0.2) is 6.17 Å². The lowest BCUT2D eigenvalue weighted by Crippen LogP contribution is -2.32. The number of carbonyl (C=O) groups excluding carboxylic acids is 1. The Balaban J connectivity index is 1.86. The number of amides is 1. The molecule has 1 heterocycles. The summed E-state index contributed by atoms with van der Waals surface area (Å²) in [4.78, 5) is 20.0. The second-order valence-electron chi connectivity index (χ2n) is 5.98. The van der Waals surface area contributed by atoms with Crippen molar-refractivity contribution < 1.29 is 14.4 Å². The highest BCUT2D eigenvalue weighted by atomic mass is 35.5. The molecule has 4 rings (SSSR count). The van der Waals surface area contributed by atoms with Gasteiger partial charge in [0.05, 0.1) is 12.8 Å². The molecule has 6 heteroatoms. The number of ether oxygens (including phenoxy) is 1. The summed E-state index contributed by atoms with van der Waals surface area (Å²) in [5.41, 5.74) is 2.25. The smallest absolute Gasteiger partial charge is 0.440 e. The SMILES string of the molecule is COc1ccccc1[C@H]1N(c2ccccc2)OC(=O)N1c1ccc(Cl)cc1. The summed E-state index contributed by atoms with van der Waals surface area (Å²) in [6.07, 6.45) is -1.01. The van der Waals surface area contributed by atoms with Crippen LogP contribution in [0.5, 0.6) is 5.75 Å². The van der Waals surface area contributed by atoms with Gasteiger partial charge in [-0.2, -0.15) is 5.06 Å². The molecule has 1 amide bonds. The molecule has 1 aliphatic rings. The van der Waals surface area contributed by atoms with E-state index in [1.54, 1.807) is 41.3 Å². The van der Waals surface area contributed by atoms with Crippen LogP contribution in [0.1, 0.15) is 11.7 Å². The van der Waals surface area contributed by atoms with E-state index in [1.807, 2.05) is 54.6 Å². The number of rotatable bonds is 4. The van der Waals surface area contributed by atoms with Crippen LogP contribution in [-0.4, -0.2) is 13.2 Å². The van der Waals surface area contributed by atoms with E-state index in [-0.39, 0.29) is 0 Å². The third kappa shape index (κ3) is 3.17. The number of hydroxylamine groups is 1.